The van der Waals surface area contributed by atoms with Crippen LogP contribution in [-0.2, 0) is 4.79 Å². The van der Waals surface area contributed by atoms with Gasteiger partial charge in [-0.25, -0.2) is 4.98 Å². The second-order valence-corrected chi connectivity index (χ2v) is 6.53. The number of β-amino-alcohol motifs (C(OH)–C–C–N with tert-alkyl or cyclic N) is 1. The number of carbonyl (C=O) groups excluding carboxylic acids is 1. The largest absolute Gasteiger partial charge is 0.392 e. The van der Waals surface area contributed by atoms with Crippen LogP contribution in [0.4, 0.5) is 5.13 Å². The van der Waals surface area contributed by atoms with Gasteiger partial charge in [-0.05, 0) is 37.5 Å². The van der Waals surface area contributed by atoms with Gasteiger partial charge in [-0.15, -0.1) is 23.7 Å². The molecule has 3 N–H and O–H groups in total. The van der Waals surface area contributed by atoms with Crippen molar-refractivity contribution in [3.8, 4) is 11.3 Å². The molecule has 0 aliphatic carbocycles. The quantitative estimate of drug-likeness (QED) is 0.792. The summed E-state index contributed by atoms with van der Waals surface area (Å²) in [6.07, 6.45) is -0.000510. The minimum absolute atomic E-state index is 0. The van der Waals surface area contributed by atoms with Crippen molar-refractivity contribution in [2.24, 2.45) is 0 Å². The van der Waals surface area contributed by atoms with E-state index in [1.807, 2.05) is 11.4 Å². The molecule has 1 aromatic carbocycles. The molecule has 5 nitrogen and oxygen atoms in total. The summed E-state index contributed by atoms with van der Waals surface area (Å²) in [5.41, 5.74) is 4.38. The second-order valence-electron chi connectivity index (χ2n) is 5.68. The number of aliphatic hydroxyl groups excluding tert-OH is 1. The fraction of sp³-hybridized carbons (Fsp3) is 0.375. The predicted octanol–water partition coefficient (Wildman–Crippen LogP) is 2.51. The summed E-state index contributed by atoms with van der Waals surface area (Å²) in [6, 6.07) is 5.87. The van der Waals surface area contributed by atoms with Gasteiger partial charge in [0, 0.05) is 17.5 Å². The Balaban J connectivity index is 0.00000192. The molecule has 1 aliphatic rings. The molecule has 2 atom stereocenters. The summed E-state index contributed by atoms with van der Waals surface area (Å²) in [5.74, 6) is -0.141. The van der Waals surface area contributed by atoms with Gasteiger partial charge in [0.05, 0.1) is 17.8 Å². The maximum atomic E-state index is 12.1. The lowest BCUT2D eigenvalue weighted by Gasteiger charge is -2.08. The van der Waals surface area contributed by atoms with Crippen LogP contribution in [0.5, 0.6) is 0 Å². The molecule has 0 saturated carbocycles. The molecule has 3 rings (SSSR count). The van der Waals surface area contributed by atoms with Gasteiger partial charge in [0.1, 0.15) is 0 Å². The van der Waals surface area contributed by atoms with Crippen molar-refractivity contribution in [2.75, 3.05) is 11.9 Å². The van der Waals surface area contributed by atoms with Crippen molar-refractivity contribution in [2.45, 2.75) is 32.4 Å². The molecule has 1 amide bonds. The van der Waals surface area contributed by atoms with Crippen LogP contribution in [0.25, 0.3) is 11.3 Å². The molecular weight excluding hydrogens is 334 g/mol. The number of nitrogens with zero attached hydrogens (tertiary/aromatic N) is 1. The number of hydrogen-bond donors (Lipinski definition) is 3. The van der Waals surface area contributed by atoms with Gasteiger partial charge >= 0.3 is 0 Å². The summed E-state index contributed by atoms with van der Waals surface area (Å²) < 4.78 is 0. The zero-order valence-electron chi connectivity index (χ0n) is 13.0. The first-order valence-corrected chi connectivity index (χ1v) is 8.16. The Hall–Kier alpha value is -1.47. The number of hydrogen-bond acceptors (Lipinski definition) is 5. The average molecular weight is 354 g/mol. The number of aromatic nitrogens is 1. The Morgan fingerprint density at radius 2 is 2.17 bits per heavy atom. The van der Waals surface area contributed by atoms with Crippen molar-refractivity contribution >= 4 is 34.8 Å². The highest BCUT2D eigenvalue weighted by Crippen LogP contribution is 2.26. The van der Waals surface area contributed by atoms with E-state index in [2.05, 4.69) is 41.6 Å². The van der Waals surface area contributed by atoms with E-state index >= 15 is 0 Å². The van der Waals surface area contributed by atoms with Crippen molar-refractivity contribution in [3.63, 3.8) is 0 Å². The number of carbonyl (C=O) groups is 1. The highest BCUT2D eigenvalue weighted by Gasteiger charge is 2.28. The Bertz CT molecular complexity index is 704. The highest BCUT2D eigenvalue weighted by atomic mass is 35.5. The topological polar surface area (TPSA) is 74.2 Å². The lowest BCUT2D eigenvalue weighted by atomic mass is 10.1. The third kappa shape index (κ3) is 4.09. The number of aryl methyl sites for hydroxylation is 2. The smallest absolute Gasteiger partial charge is 0.243 e. The van der Waals surface area contributed by atoms with Gasteiger partial charge in [0.2, 0.25) is 5.91 Å². The molecule has 1 saturated heterocycles. The Morgan fingerprint density at radius 3 is 2.83 bits per heavy atom. The number of amides is 1. The standard InChI is InChI=1S/C16H19N3O2S.ClH/c1-9-3-4-11(5-10(9)2)14-8-22-16(18-14)19-15(21)13-6-12(20)7-17-13;/h3-5,8,12-13,17,20H,6-7H2,1-2H3,(H,18,19,21);1H. The minimum atomic E-state index is -0.446. The molecule has 124 valence electrons. The van der Waals surface area contributed by atoms with E-state index in [0.29, 0.717) is 18.1 Å². The fourth-order valence-electron chi connectivity index (χ4n) is 2.47. The first-order valence-electron chi connectivity index (χ1n) is 7.28. The molecule has 2 unspecified atom stereocenters. The molecule has 7 heteroatoms. The monoisotopic (exact) mass is 353 g/mol. The van der Waals surface area contributed by atoms with Crippen molar-refractivity contribution in [1.82, 2.24) is 10.3 Å². The van der Waals surface area contributed by atoms with Crippen molar-refractivity contribution in [3.05, 3.63) is 34.7 Å². The van der Waals surface area contributed by atoms with Gasteiger partial charge in [0.25, 0.3) is 0 Å². The summed E-state index contributed by atoms with van der Waals surface area (Å²) in [7, 11) is 0. The number of rotatable bonds is 3. The van der Waals surface area contributed by atoms with Gasteiger partial charge in [-0.2, -0.15) is 0 Å². The molecule has 0 radical (unpaired) electrons. The normalized spacial score (nSPS) is 20.1. The number of benzene rings is 1. The van der Waals surface area contributed by atoms with Crippen LogP contribution >= 0.6 is 23.7 Å². The molecule has 0 spiro atoms. The molecule has 23 heavy (non-hydrogen) atoms. The Labute approximate surface area is 145 Å². The second kappa shape index (κ2) is 7.40. The third-order valence-corrected chi connectivity index (χ3v) is 4.72. The van der Waals surface area contributed by atoms with Crippen LogP contribution in [0, 0.1) is 13.8 Å². The van der Waals surface area contributed by atoms with Gasteiger partial charge in [-0.1, -0.05) is 12.1 Å². The molecule has 2 aromatic rings. The number of anilines is 1. The van der Waals surface area contributed by atoms with Gasteiger partial charge in [0.15, 0.2) is 5.13 Å². The van der Waals surface area contributed by atoms with Crippen LogP contribution < -0.4 is 10.6 Å². The predicted molar refractivity (Wildman–Crippen MR) is 95.3 cm³/mol. The summed E-state index contributed by atoms with van der Waals surface area (Å²) in [4.78, 5) is 16.6. The Kier molecular flexibility index (Phi) is 5.75. The SMILES string of the molecule is Cc1ccc(-c2csc(NC(=O)C3CC(O)CN3)n2)cc1C.Cl. The van der Waals surface area contributed by atoms with E-state index in [1.54, 1.807) is 0 Å². The number of halogens is 1. The summed E-state index contributed by atoms with van der Waals surface area (Å²) in [5, 5.41) is 17.8. The minimum Gasteiger partial charge on any atom is -0.392 e. The highest BCUT2D eigenvalue weighted by molar-refractivity contribution is 7.14. The zero-order valence-corrected chi connectivity index (χ0v) is 14.6. The van der Waals surface area contributed by atoms with E-state index in [0.717, 1.165) is 11.3 Å². The molecule has 1 fully saturated rings. The van der Waals surface area contributed by atoms with Crippen molar-refractivity contribution < 1.29 is 9.90 Å². The lowest BCUT2D eigenvalue weighted by molar-refractivity contribution is -0.117. The van der Waals surface area contributed by atoms with E-state index in [9.17, 15) is 9.90 Å². The zero-order chi connectivity index (χ0) is 15.7. The number of aliphatic hydroxyl groups is 1. The van der Waals surface area contributed by atoms with E-state index < -0.39 is 6.10 Å². The summed E-state index contributed by atoms with van der Waals surface area (Å²) >= 11 is 1.41. The molecular formula is C16H20ClN3O2S. The average Bonchev–Trinajstić information content (AvgIpc) is 3.11. The molecule has 2 heterocycles. The molecule has 1 aliphatic heterocycles. The fourth-order valence-corrected chi connectivity index (χ4v) is 3.20. The first kappa shape index (κ1) is 17.9. The van der Waals surface area contributed by atoms with Crippen LogP contribution in [0.3, 0.4) is 0 Å². The molecule has 0 bridgehead atoms. The Morgan fingerprint density at radius 1 is 1.39 bits per heavy atom. The third-order valence-electron chi connectivity index (χ3n) is 3.96. The van der Waals surface area contributed by atoms with Gasteiger partial charge in [-0.3, -0.25) is 4.79 Å². The lowest BCUT2D eigenvalue weighted by Crippen LogP contribution is -2.35. The van der Waals surface area contributed by atoms with Crippen LogP contribution in [-0.4, -0.2) is 34.7 Å². The number of thiazole rings is 1. The maximum Gasteiger partial charge on any atom is 0.243 e. The van der Waals surface area contributed by atoms with Gasteiger partial charge < -0.3 is 15.7 Å². The van der Waals surface area contributed by atoms with E-state index in [4.69, 9.17) is 0 Å². The van der Waals surface area contributed by atoms with Crippen LogP contribution in [0.2, 0.25) is 0 Å². The summed E-state index contributed by atoms with van der Waals surface area (Å²) in [6.45, 7) is 4.61. The van der Waals surface area contributed by atoms with Crippen LogP contribution in [0.15, 0.2) is 23.6 Å². The van der Waals surface area contributed by atoms with Crippen molar-refractivity contribution in [1.29, 1.82) is 0 Å². The van der Waals surface area contributed by atoms with E-state index in [1.165, 1.54) is 22.5 Å². The molecule has 1 aromatic heterocycles. The maximum absolute atomic E-state index is 12.1. The van der Waals surface area contributed by atoms with E-state index in [-0.39, 0.29) is 24.4 Å². The number of nitrogens with one attached hydrogen (secondary N) is 2. The van der Waals surface area contributed by atoms with Crippen LogP contribution in [0.1, 0.15) is 17.5 Å². The first-order chi connectivity index (χ1) is 10.5.